The van der Waals surface area contributed by atoms with Gasteiger partial charge in [0, 0.05) is 12.0 Å². The molecular formula is C15H21NO. The van der Waals surface area contributed by atoms with Gasteiger partial charge in [0.1, 0.15) is 0 Å². The number of rotatable bonds is 5. The standard InChI is InChI=1S/C15H21NO/c1-11-10-14(11)15(17)16-12(2)8-9-13-6-4-3-5-7-13/h3-7,11-12,14H,8-10H2,1-2H3,(H,16,17)/t11-,12+,14-/m1/s1. The van der Waals surface area contributed by atoms with Gasteiger partial charge in [-0.25, -0.2) is 0 Å². The van der Waals surface area contributed by atoms with E-state index in [1.807, 2.05) is 6.07 Å². The van der Waals surface area contributed by atoms with Crippen LogP contribution in [0.2, 0.25) is 0 Å². The summed E-state index contributed by atoms with van der Waals surface area (Å²) in [7, 11) is 0. The van der Waals surface area contributed by atoms with Crippen molar-refractivity contribution in [1.82, 2.24) is 5.32 Å². The average Bonchev–Trinajstić information content (AvgIpc) is 3.05. The maximum absolute atomic E-state index is 11.7. The smallest absolute Gasteiger partial charge is 0.223 e. The van der Waals surface area contributed by atoms with Crippen LogP contribution in [0.4, 0.5) is 0 Å². The Kier molecular flexibility index (Phi) is 3.82. The molecule has 1 fully saturated rings. The van der Waals surface area contributed by atoms with Crippen LogP contribution < -0.4 is 5.32 Å². The summed E-state index contributed by atoms with van der Waals surface area (Å²) in [5.41, 5.74) is 1.34. The van der Waals surface area contributed by atoms with E-state index in [0.29, 0.717) is 5.92 Å². The van der Waals surface area contributed by atoms with Gasteiger partial charge in [0.2, 0.25) is 5.91 Å². The number of nitrogens with one attached hydrogen (secondary N) is 1. The minimum atomic E-state index is 0.248. The van der Waals surface area contributed by atoms with E-state index in [2.05, 4.69) is 43.4 Å². The SMILES string of the molecule is C[C@@H]1C[C@H]1C(=O)N[C@@H](C)CCc1ccccc1. The summed E-state index contributed by atoms with van der Waals surface area (Å²) in [6, 6.07) is 10.7. The lowest BCUT2D eigenvalue weighted by Gasteiger charge is -2.13. The lowest BCUT2D eigenvalue weighted by atomic mass is 10.1. The van der Waals surface area contributed by atoms with Crippen LogP contribution in [-0.2, 0) is 11.2 Å². The van der Waals surface area contributed by atoms with E-state index >= 15 is 0 Å². The summed E-state index contributed by atoms with van der Waals surface area (Å²) in [6.07, 6.45) is 3.11. The number of benzene rings is 1. The fraction of sp³-hybridized carbons (Fsp3) is 0.533. The molecular weight excluding hydrogens is 210 g/mol. The molecule has 0 aliphatic heterocycles. The molecule has 0 aromatic heterocycles. The number of aryl methyl sites for hydroxylation is 1. The van der Waals surface area contributed by atoms with E-state index in [0.717, 1.165) is 19.3 Å². The summed E-state index contributed by atoms with van der Waals surface area (Å²) in [4.78, 5) is 11.7. The van der Waals surface area contributed by atoms with E-state index in [-0.39, 0.29) is 17.9 Å². The number of hydrogen-bond acceptors (Lipinski definition) is 1. The van der Waals surface area contributed by atoms with Crippen molar-refractivity contribution in [2.24, 2.45) is 11.8 Å². The van der Waals surface area contributed by atoms with Crippen molar-refractivity contribution in [3.63, 3.8) is 0 Å². The fourth-order valence-corrected chi connectivity index (χ4v) is 2.14. The van der Waals surface area contributed by atoms with Crippen LogP contribution in [0.25, 0.3) is 0 Å². The van der Waals surface area contributed by atoms with Crippen molar-refractivity contribution in [1.29, 1.82) is 0 Å². The van der Waals surface area contributed by atoms with Gasteiger partial charge in [-0.05, 0) is 37.7 Å². The molecule has 2 nitrogen and oxygen atoms in total. The maximum atomic E-state index is 11.7. The van der Waals surface area contributed by atoms with Crippen LogP contribution in [0, 0.1) is 11.8 Å². The highest BCUT2D eigenvalue weighted by Crippen LogP contribution is 2.37. The summed E-state index contributed by atoms with van der Waals surface area (Å²) in [5, 5.41) is 3.10. The molecule has 2 rings (SSSR count). The first kappa shape index (κ1) is 12.2. The van der Waals surface area contributed by atoms with Crippen molar-refractivity contribution in [3.8, 4) is 0 Å². The molecule has 0 saturated heterocycles. The first-order chi connectivity index (χ1) is 8.16. The zero-order valence-corrected chi connectivity index (χ0v) is 10.6. The van der Waals surface area contributed by atoms with Gasteiger partial charge in [-0.1, -0.05) is 37.3 Å². The molecule has 0 unspecified atom stereocenters. The average molecular weight is 231 g/mol. The molecule has 0 heterocycles. The minimum absolute atomic E-state index is 0.248. The number of carbonyl (C=O) groups is 1. The van der Waals surface area contributed by atoms with E-state index in [9.17, 15) is 4.79 Å². The molecule has 1 aromatic rings. The summed E-state index contributed by atoms with van der Waals surface area (Å²) >= 11 is 0. The molecule has 1 aliphatic carbocycles. The Labute approximate surface area is 103 Å². The summed E-state index contributed by atoms with van der Waals surface area (Å²) < 4.78 is 0. The van der Waals surface area contributed by atoms with Crippen LogP contribution in [0.15, 0.2) is 30.3 Å². The van der Waals surface area contributed by atoms with Crippen LogP contribution in [0.3, 0.4) is 0 Å². The Bertz CT molecular complexity index is 374. The Hall–Kier alpha value is -1.31. The number of carbonyl (C=O) groups excluding carboxylic acids is 1. The van der Waals surface area contributed by atoms with Crippen molar-refractivity contribution >= 4 is 5.91 Å². The zero-order chi connectivity index (χ0) is 12.3. The molecule has 0 bridgehead atoms. The lowest BCUT2D eigenvalue weighted by Crippen LogP contribution is -2.34. The van der Waals surface area contributed by atoms with Gasteiger partial charge in [-0.15, -0.1) is 0 Å². The first-order valence-electron chi connectivity index (χ1n) is 6.51. The molecule has 2 heteroatoms. The van der Waals surface area contributed by atoms with E-state index in [4.69, 9.17) is 0 Å². The summed E-state index contributed by atoms with van der Waals surface area (Å²) in [6.45, 7) is 4.23. The highest BCUT2D eigenvalue weighted by atomic mass is 16.2. The molecule has 1 saturated carbocycles. The van der Waals surface area contributed by atoms with Crippen LogP contribution in [-0.4, -0.2) is 11.9 Å². The molecule has 17 heavy (non-hydrogen) atoms. The molecule has 1 aromatic carbocycles. The van der Waals surface area contributed by atoms with Crippen molar-refractivity contribution in [2.45, 2.75) is 39.2 Å². The van der Waals surface area contributed by atoms with Gasteiger partial charge >= 0.3 is 0 Å². The fourth-order valence-electron chi connectivity index (χ4n) is 2.14. The van der Waals surface area contributed by atoms with Gasteiger partial charge < -0.3 is 5.32 Å². The molecule has 1 amide bonds. The molecule has 1 N–H and O–H groups in total. The maximum Gasteiger partial charge on any atom is 0.223 e. The first-order valence-corrected chi connectivity index (χ1v) is 6.51. The third-order valence-electron chi connectivity index (χ3n) is 3.54. The Morgan fingerprint density at radius 1 is 1.41 bits per heavy atom. The molecule has 1 aliphatic rings. The number of amides is 1. The van der Waals surface area contributed by atoms with Gasteiger partial charge in [0.15, 0.2) is 0 Å². The molecule has 92 valence electrons. The topological polar surface area (TPSA) is 29.1 Å². The van der Waals surface area contributed by atoms with Gasteiger partial charge in [-0.2, -0.15) is 0 Å². The van der Waals surface area contributed by atoms with Gasteiger partial charge in [0.05, 0.1) is 0 Å². The lowest BCUT2D eigenvalue weighted by molar-refractivity contribution is -0.123. The van der Waals surface area contributed by atoms with Crippen molar-refractivity contribution in [2.75, 3.05) is 0 Å². The quantitative estimate of drug-likeness (QED) is 0.829. The van der Waals surface area contributed by atoms with E-state index < -0.39 is 0 Å². The largest absolute Gasteiger partial charge is 0.353 e. The predicted octanol–water partition coefficient (Wildman–Crippen LogP) is 2.78. The van der Waals surface area contributed by atoms with Crippen molar-refractivity contribution < 1.29 is 4.79 Å². The third-order valence-corrected chi connectivity index (χ3v) is 3.54. The summed E-state index contributed by atoms with van der Waals surface area (Å²) in [5.74, 6) is 1.13. The second-order valence-electron chi connectivity index (χ2n) is 5.25. The number of hydrogen-bond donors (Lipinski definition) is 1. The van der Waals surface area contributed by atoms with Crippen LogP contribution in [0.1, 0.15) is 32.3 Å². The zero-order valence-electron chi connectivity index (χ0n) is 10.6. The second-order valence-corrected chi connectivity index (χ2v) is 5.25. The van der Waals surface area contributed by atoms with Crippen molar-refractivity contribution in [3.05, 3.63) is 35.9 Å². The third kappa shape index (κ3) is 3.58. The van der Waals surface area contributed by atoms with E-state index in [1.165, 1.54) is 5.56 Å². The second kappa shape index (κ2) is 5.35. The monoisotopic (exact) mass is 231 g/mol. The van der Waals surface area contributed by atoms with Crippen LogP contribution in [0.5, 0.6) is 0 Å². The Balaban J connectivity index is 1.71. The molecule has 3 atom stereocenters. The molecule has 0 spiro atoms. The normalized spacial score (nSPS) is 24.1. The Morgan fingerprint density at radius 2 is 2.06 bits per heavy atom. The highest BCUT2D eigenvalue weighted by Gasteiger charge is 2.39. The van der Waals surface area contributed by atoms with Crippen LogP contribution >= 0.6 is 0 Å². The van der Waals surface area contributed by atoms with E-state index in [1.54, 1.807) is 0 Å². The Morgan fingerprint density at radius 3 is 2.65 bits per heavy atom. The van der Waals surface area contributed by atoms with Gasteiger partial charge in [0.25, 0.3) is 0 Å². The minimum Gasteiger partial charge on any atom is -0.353 e. The highest BCUT2D eigenvalue weighted by molar-refractivity contribution is 5.81. The molecule has 0 radical (unpaired) electrons. The van der Waals surface area contributed by atoms with Gasteiger partial charge in [-0.3, -0.25) is 4.79 Å². The predicted molar refractivity (Wildman–Crippen MR) is 69.6 cm³/mol.